The highest BCUT2D eigenvalue weighted by atomic mass is 31.2. The second-order valence-electron chi connectivity index (χ2n) is 34.0. The predicted octanol–water partition coefficient (Wildman–Crippen LogP) is 27.5. The van der Waals surface area contributed by atoms with E-state index in [9.17, 15) is 43.2 Å². The predicted molar refractivity (Wildman–Crippen MR) is 451 cm³/mol. The van der Waals surface area contributed by atoms with Crippen LogP contribution in [0, 0.1) is 23.7 Å². The van der Waals surface area contributed by atoms with Crippen LogP contribution in [0.3, 0.4) is 0 Å². The molecule has 0 aromatic carbocycles. The van der Waals surface area contributed by atoms with Crippen LogP contribution < -0.4 is 0 Å². The van der Waals surface area contributed by atoms with Crippen LogP contribution in [0.5, 0.6) is 0 Å². The smallest absolute Gasteiger partial charge is 0.462 e. The molecule has 0 rings (SSSR count). The number of ether oxygens (including phenoxy) is 4. The molecule has 0 heterocycles. The summed E-state index contributed by atoms with van der Waals surface area (Å²) < 4.78 is 69.0. The number of hydrogen-bond donors (Lipinski definition) is 3. The Morgan fingerprint density at radius 1 is 0.257 bits per heavy atom. The molecule has 3 unspecified atom stereocenters. The van der Waals surface area contributed by atoms with Crippen LogP contribution in [-0.4, -0.2) is 96.7 Å². The first-order valence-corrected chi connectivity index (χ1v) is 49.2. The maximum atomic E-state index is 13.2. The van der Waals surface area contributed by atoms with Crippen LogP contribution in [0.2, 0.25) is 0 Å². The minimum absolute atomic E-state index is 0.107. The molecule has 0 aromatic heterocycles. The Morgan fingerprint density at radius 2 is 0.440 bits per heavy atom. The van der Waals surface area contributed by atoms with Gasteiger partial charge in [0.15, 0.2) is 12.2 Å². The normalized spacial score (nSPS) is 14.1. The third kappa shape index (κ3) is 82.4. The quantitative estimate of drug-likeness (QED) is 0.0222. The van der Waals surface area contributed by atoms with E-state index in [0.29, 0.717) is 25.7 Å². The van der Waals surface area contributed by atoms with E-state index in [1.807, 2.05) is 0 Å². The van der Waals surface area contributed by atoms with Gasteiger partial charge >= 0.3 is 39.5 Å². The third-order valence-electron chi connectivity index (χ3n) is 21.4. The third-order valence-corrected chi connectivity index (χ3v) is 23.3. The molecule has 0 aliphatic carbocycles. The lowest BCUT2D eigenvalue weighted by molar-refractivity contribution is -0.161. The van der Waals surface area contributed by atoms with Crippen molar-refractivity contribution in [2.75, 3.05) is 39.6 Å². The maximum absolute atomic E-state index is 13.2. The topological polar surface area (TPSA) is 237 Å². The highest BCUT2D eigenvalue weighted by Gasteiger charge is 2.31. The molecule has 0 aliphatic heterocycles. The van der Waals surface area contributed by atoms with Gasteiger partial charge in [0.1, 0.15) is 19.3 Å². The largest absolute Gasteiger partial charge is 0.472 e. The Balaban J connectivity index is 5.24. The molecule has 0 saturated heterocycles. The molecule has 0 spiro atoms. The van der Waals surface area contributed by atoms with Gasteiger partial charge in [-0.2, -0.15) is 0 Å². The van der Waals surface area contributed by atoms with Crippen molar-refractivity contribution in [2.24, 2.45) is 23.7 Å². The summed E-state index contributed by atoms with van der Waals surface area (Å²) in [6.07, 6.45) is 69.5. The zero-order chi connectivity index (χ0) is 80.2. The number of rotatable bonds is 87. The zero-order valence-corrected chi connectivity index (χ0v) is 74.0. The molecule has 109 heavy (non-hydrogen) atoms. The molecule has 17 nitrogen and oxygen atoms in total. The number of carbonyl (C=O) groups excluding carboxylic acids is 4. The second-order valence-corrected chi connectivity index (χ2v) is 36.9. The van der Waals surface area contributed by atoms with E-state index in [-0.39, 0.29) is 25.7 Å². The Bertz CT molecular complexity index is 2110. The van der Waals surface area contributed by atoms with Gasteiger partial charge in [-0.05, 0) is 49.4 Å². The number of unbranched alkanes of at least 4 members (excludes halogenated alkanes) is 52. The van der Waals surface area contributed by atoms with Crippen molar-refractivity contribution in [1.29, 1.82) is 0 Å². The van der Waals surface area contributed by atoms with Crippen LogP contribution in [0.25, 0.3) is 0 Å². The van der Waals surface area contributed by atoms with E-state index in [1.54, 1.807) is 0 Å². The SMILES string of the molecule is CCC(C)CCCCCCCCCCCCCCCCCCCCC(=O)O[C@H](COC(=O)CCCCCCCCCCCCCCCCCCC(C)C)COP(=O)(O)OC[C@@H](O)COP(=O)(O)OC[C@@H](COC(=O)CCCCCCCCCCC(C)C)OC(=O)CCCCCCCCCCCCCCCCC(C)C. The zero-order valence-electron chi connectivity index (χ0n) is 72.2. The fraction of sp³-hybridized carbons (Fsp3) is 0.956. The number of hydrogen-bond acceptors (Lipinski definition) is 15. The van der Waals surface area contributed by atoms with Gasteiger partial charge in [0, 0.05) is 25.7 Å². The average Bonchev–Trinajstić information content (AvgIpc) is 0.902. The molecule has 0 fully saturated rings. The summed E-state index contributed by atoms with van der Waals surface area (Å²) in [5, 5.41) is 10.7. The Labute approximate surface area is 670 Å². The van der Waals surface area contributed by atoms with Gasteiger partial charge in [-0.1, -0.05) is 421 Å². The van der Waals surface area contributed by atoms with Gasteiger partial charge in [0.25, 0.3) is 0 Å². The van der Waals surface area contributed by atoms with Crippen LogP contribution in [-0.2, 0) is 65.4 Å². The molecule has 0 saturated carbocycles. The number of phosphoric ester groups is 2. The molecule has 648 valence electrons. The summed E-state index contributed by atoms with van der Waals surface area (Å²) in [4.78, 5) is 73.4. The summed E-state index contributed by atoms with van der Waals surface area (Å²) in [6.45, 7) is 14.4. The Kier molecular flexibility index (Phi) is 77.2. The van der Waals surface area contributed by atoms with E-state index in [1.165, 1.54) is 276 Å². The van der Waals surface area contributed by atoms with Crippen molar-refractivity contribution in [1.82, 2.24) is 0 Å². The first kappa shape index (κ1) is 107. The molecule has 0 aromatic rings. The van der Waals surface area contributed by atoms with Crippen molar-refractivity contribution < 1.29 is 80.2 Å². The lowest BCUT2D eigenvalue weighted by atomic mass is 9.99. The molecular formula is C90H176O17P2. The molecule has 3 N–H and O–H groups in total. The van der Waals surface area contributed by atoms with Gasteiger partial charge in [-0.25, -0.2) is 9.13 Å². The highest BCUT2D eigenvalue weighted by Crippen LogP contribution is 2.45. The highest BCUT2D eigenvalue weighted by molar-refractivity contribution is 7.47. The average molecular weight is 1590 g/mol. The van der Waals surface area contributed by atoms with Crippen molar-refractivity contribution >= 4 is 39.5 Å². The first-order valence-electron chi connectivity index (χ1n) is 46.2. The van der Waals surface area contributed by atoms with E-state index in [0.717, 1.165) is 114 Å². The molecule has 0 aliphatic rings. The van der Waals surface area contributed by atoms with E-state index < -0.39 is 97.5 Å². The van der Waals surface area contributed by atoms with Gasteiger partial charge in [-0.15, -0.1) is 0 Å². The standard InChI is InChI=1S/C90H176O17P2/c1-9-83(8)69-61-53-45-36-30-24-17-12-10-11-13-19-26-32-38-48-56-64-72-89(94)106-85(76-100-87(92)70-62-54-46-37-31-25-18-15-14-16-22-28-34-42-50-58-66-80(2)3)78-104-108(96,97)102-74-84(91)75-103-109(98,99)105-79-86(77-101-88(93)71-63-55-47-41-40-44-52-60-68-82(6)7)107-90(95)73-65-57-49-39-33-27-21-20-23-29-35-43-51-59-67-81(4)5/h80-86,91H,9-79H2,1-8H3,(H,96,97)(H,98,99)/t83?,84-,85-,86-/m1/s1. The van der Waals surface area contributed by atoms with E-state index in [4.69, 9.17) is 37.0 Å². The van der Waals surface area contributed by atoms with Crippen LogP contribution in [0.1, 0.15) is 473 Å². The molecule has 0 amide bonds. The minimum atomic E-state index is -4.97. The van der Waals surface area contributed by atoms with Crippen molar-refractivity contribution in [3.8, 4) is 0 Å². The van der Waals surface area contributed by atoms with Crippen molar-refractivity contribution in [3.63, 3.8) is 0 Å². The second kappa shape index (κ2) is 78.6. The summed E-state index contributed by atoms with van der Waals surface area (Å²) in [5.41, 5.74) is 0. The minimum Gasteiger partial charge on any atom is -0.462 e. The summed E-state index contributed by atoms with van der Waals surface area (Å²) >= 11 is 0. The lowest BCUT2D eigenvalue weighted by Crippen LogP contribution is -2.30. The van der Waals surface area contributed by atoms with E-state index in [2.05, 4.69) is 55.4 Å². The lowest BCUT2D eigenvalue weighted by Gasteiger charge is -2.21. The van der Waals surface area contributed by atoms with Crippen LogP contribution in [0.4, 0.5) is 0 Å². The van der Waals surface area contributed by atoms with Crippen LogP contribution in [0.15, 0.2) is 0 Å². The summed E-state index contributed by atoms with van der Waals surface area (Å²) in [6, 6.07) is 0. The fourth-order valence-electron chi connectivity index (χ4n) is 14.0. The summed E-state index contributed by atoms with van der Waals surface area (Å²) in [5.74, 6) is 1.10. The summed E-state index contributed by atoms with van der Waals surface area (Å²) in [7, 11) is -9.94. The molecule has 0 bridgehead atoms. The van der Waals surface area contributed by atoms with Crippen molar-refractivity contribution in [3.05, 3.63) is 0 Å². The van der Waals surface area contributed by atoms with Gasteiger partial charge in [0.2, 0.25) is 0 Å². The first-order chi connectivity index (χ1) is 52.6. The van der Waals surface area contributed by atoms with Gasteiger partial charge in [0.05, 0.1) is 26.4 Å². The molecule has 0 radical (unpaired) electrons. The van der Waals surface area contributed by atoms with Crippen molar-refractivity contribution in [2.45, 2.75) is 491 Å². The Hall–Kier alpha value is -1.94. The molecular weight excluding hydrogens is 1410 g/mol. The molecule has 6 atom stereocenters. The fourth-order valence-corrected chi connectivity index (χ4v) is 15.6. The number of aliphatic hydroxyl groups is 1. The van der Waals surface area contributed by atoms with Gasteiger partial charge < -0.3 is 33.8 Å². The van der Waals surface area contributed by atoms with E-state index >= 15 is 0 Å². The van der Waals surface area contributed by atoms with Crippen LogP contribution >= 0.6 is 15.6 Å². The number of esters is 4. The van der Waals surface area contributed by atoms with Gasteiger partial charge in [-0.3, -0.25) is 37.3 Å². The number of carbonyl (C=O) groups is 4. The Morgan fingerprint density at radius 3 is 0.651 bits per heavy atom. The number of phosphoric acid groups is 2. The maximum Gasteiger partial charge on any atom is 0.472 e. The number of aliphatic hydroxyl groups excluding tert-OH is 1. The monoisotopic (exact) mass is 1590 g/mol. The molecule has 19 heteroatoms.